The minimum atomic E-state index is -0.718. The fourth-order valence-electron chi connectivity index (χ4n) is 1.83. The monoisotopic (exact) mass is 464 g/mol. The van der Waals surface area contributed by atoms with Gasteiger partial charge in [-0.3, -0.25) is 0 Å². The van der Waals surface area contributed by atoms with E-state index in [-0.39, 0.29) is 5.91 Å². The molecule has 1 aromatic carbocycles. The first-order chi connectivity index (χ1) is 11.7. The summed E-state index contributed by atoms with van der Waals surface area (Å²) in [6.45, 7) is 5.80. The van der Waals surface area contributed by atoms with Gasteiger partial charge in [-0.2, -0.15) is 0 Å². The molecule has 2 amide bonds. The molecule has 1 atom stereocenters. The average Bonchev–Trinajstić information content (AvgIpc) is 2.55. The zero-order chi connectivity index (χ0) is 19.0. The molecule has 0 spiro atoms. The molecule has 0 bridgehead atoms. The number of hydroxylamine groups is 2. The van der Waals surface area contributed by atoms with E-state index in [0.717, 1.165) is 20.6 Å². The van der Waals surface area contributed by atoms with Crippen molar-refractivity contribution in [1.29, 1.82) is 0 Å². The van der Waals surface area contributed by atoms with Gasteiger partial charge >= 0.3 is 159 Å². The van der Waals surface area contributed by atoms with Crippen molar-refractivity contribution in [1.82, 2.24) is 10.4 Å². The fraction of sp³-hybridized carbons (Fsp3) is 0.529. The number of carbonyl (C=O) groups is 2. The Hall–Kier alpha value is -1.39. The Morgan fingerprint density at radius 3 is 2.52 bits per heavy atom. The van der Waals surface area contributed by atoms with Crippen molar-refractivity contribution in [3.8, 4) is 0 Å². The predicted octanol–water partition coefficient (Wildman–Crippen LogP) is -1.40. The second kappa shape index (κ2) is 9.93. The molecule has 7 nitrogen and oxygen atoms in total. The van der Waals surface area contributed by atoms with Crippen LogP contribution in [0.1, 0.15) is 31.9 Å². The molecule has 3 N–H and O–H groups in total. The van der Waals surface area contributed by atoms with E-state index in [1.54, 1.807) is 20.8 Å². The second-order valence-electron chi connectivity index (χ2n) is 6.34. The maximum atomic E-state index is 12.5. The topological polar surface area (TPSA) is 93.9 Å². The van der Waals surface area contributed by atoms with Crippen LogP contribution < -0.4 is 32.3 Å². The normalized spacial score (nSPS) is 12.6. The fourth-order valence-corrected chi connectivity index (χ4v) is 4.50. The number of carbonyl (C=O) groups excluding carboxylic acids is 2. The Bertz CT molecular complexity index is 590. The number of amides is 2. The van der Waals surface area contributed by atoms with Gasteiger partial charge in [0.25, 0.3) is 0 Å². The van der Waals surface area contributed by atoms with Crippen molar-refractivity contribution in [3.05, 3.63) is 35.4 Å². The van der Waals surface area contributed by atoms with Crippen molar-refractivity contribution in [2.45, 2.75) is 41.4 Å². The first-order valence-corrected chi connectivity index (χ1v) is 10.6. The van der Waals surface area contributed by atoms with Gasteiger partial charge in [-0.25, -0.2) is 0 Å². The Kier molecular flexibility index (Phi) is 8.60. The van der Waals surface area contributed by atoms with Gasteiger partial charge in [0.2, 0.25) is 0 Å². The van der Waals surface area contributed by atoms with Crippen molar-refractivity contribution in [2.75, 3.05) is 14.2 Å². The van der Waals surface area contributed by atoms with E-state index in [9.17, 15) is 9.59 Å². The van der Waals surface area contributed by atoms with Gasteiger partial charge in [0.15, 0.2) is 0 Å². The number of alkyl halides is 2. The molecule has 25 heavy (non-hydrogen) atoms. The number of hydrogen-bond donors (Lipinski definition) is 2. The van der Waals surface area contributed by atoms with Crippen LogP contribution in [0.25, 0.3) is 0 Å². The number of nitrogens with two attached hydrogens (primary N) is 1. The Morgan fingerprint density at radius 2 is 1.96 bits per heavy atom. The van der Waals surface area contributed by atoms with E-state index >= 15 is 0 Å². The van der Waals surface area contributed by atoms with Gasteiger partial charge in [0.05, 0.1) is 0 Å². The summed E-state index contributed by atoms with van der Waals surface area (Å²) in [5, 5.41) is 3.80. The van der Waals surface area contributed by atoms with E-state index < -0.39 is 36.9 Å². The molecule has 142 valence electrons. The van der Waals surface area contributed by atoms with Crippen LogP contribution in [-0.2, 0) is 25.3 Å². The predicted molar refractivity (Wildman–Crippen MR) is 91.0 cm³/mol. The quantitative estimate of drug-likeness (QED) is 0.224. The van der Waals surface area contributed by atoms with E-state index in [4.69, 9.17) is 15.3 Å². The maximum absolute atomic E-state index is 12.5. The van der Waals surface area contributed by atoms with Crippen molar-refractivity contribution >= 4 is 12.0 Å². The number of benzene rings is 1. The number of ether oxygens (including phenoxy) is 1. The van der Waals surface area contributed by atoms with E-state index in [1.807, 2.05) is 24.3 Å². The van der Waals surface area contributed by atoms with Crippen molar-refractivity contribution in [2.24, 2.45) is 5.73 Å². The molecule has 8 heteroatoms. The molecule has 1 aromatic rings. The van der Waals surface area contributed by atoms with Gasteiger partial charge in [-0.15, -0.1) is 0 Å². The van der Waals surface area contributed by atoms with Crippen LogP contribution in [0.4, 0.5) is 4.79 Å². The number of nitrogens with zero attached hydrogens (tertiary/aromatic N) is 1. The second-order valence-corrected chi connectivity index (χ2v) is 9.23. The first-order valence-electron chi connectivity index (χ1n) is 7.83. The third-order valence-corrected chi connectivity index (χ3v) is 6.10. The van der Waals surface area contributed by atoms with Crippen molar-refractivity contribution < 1.29 is 40.4 Å². The van der Waals surface area contributed by atoms with Crippen molar-refractivity contribution in [3.63, 3.8) is 0 Å². The first kappa shape index (κ1) is 21.7. The molecule has 0 heterocycles. The number of rotatable bonds is 7. The molecule has 0 aromatic heterocycles. The minimum absolute atomic E-state index is 0.295. The van der Waals surface area contributed by atoms with Gasteiger partial charge in [0.1, 0.15) is 0 Å². The summed E-state index contributed by atoms with van der Waals surface area (Å²) in [5.74, 6) is -0.295. The SMILES string of the molecule is CON(C)C(=O)C(NC(=O)OC(C)(C)C)[I-]Cc1cccc(CN)c1. The molecule has 0 aliphatic rings. The van der Waals surface area contributed by atoms with Crippen LogP contribution >= 0.6 is 0 Å². The van der Waals surface area contributed by atoms with Gasteiger partial charge in [0, 0.05) is 0 Å². The van der Waals surface area contributed by atoms with E-state index in [2.05, 4.69) is 5.32 Å². The molecule has 0 aliphatic heterocycles. The van der Waals surface area contributed by atoms with Crippen LogP contribution in [-0.4, -0.2) is 40.9 Å². The summed E-state index contributed by atoms with van der Waals surface area (Å²) in [5.41, 5.74) is 7.17. The molecule has 0 radical (unpaired) electrons. The van der Waals surface area contributed by atoms with Gasteiger partial charge in [-0.1, -0.05) is 0 Å². The van der Waals surface area contributed by atoms with E-state index in [1.165, 1.54) is 14.2 Å². The van der Waals surface area contributed by atoms with Gasteiger partial charge in [-0.05, 0) is 0 Å². The summed E-state index contributed by atoms with van der Waals surface area (Å²) < 4.78 is 5.34. The molecule has 1 rings (SSSR count). The number of nitrogens with one attached hydrogen (secondary N) is 1. The molecule has 0 fully saturated rings. The number of likely N-dealkylation sites (N-methyl/N-ethyl adjacent to an activating group) is 1. The summed E-state index contributed by atoms with van der Waals surface area (Å²) in [6, 6.07) is 7.92. The summed E-state index contributed by atoms with van der Waals surface area (Å²) >= 11 is -0.718. The van der Waals surface area contributed by atoms with Crippen LogP contribution in [0, 0.1) is 0 Å². The number of hydrogen-bond acceptors (Lipinski definition) is 5. The molecular weight excluding hydrogens is 437 g/mol. The number of halogens is 1. The average molecular weight is 464 g/mol. The third-order valence-electron chi connectivity index (χ3n) is 3.06. The van der Waals surface area contributed by atoms with Gasteiger partial charge < -0.3 is 0 Å². The van der Waals surface area contributed by atoms with Crippen LogP contribution in [0.2, 0.25) is 0 Å². The third kappa shape index (κ3) is 8.02. The summed E-state index contributed by atoms with van der Waals surface area (Å²) in [4.78, 5) is 29.5. The summed E-state index contributed by atoms with van der Waals surface area (Å²) in [7, 11) is 2.93. The molecule has 1 unspecified atom stereocenters. The zero-order valence-corrected chi connectivity index (χ0v) is 17.5. The molecule has 0 aliphatic carbocycles. The number of alkyl carbamates (subject to hydrolysis) is 1. The Labute approximate surface area is 159 Å². The summed E-state index contributed by atoms with van der Waals surface area (Å²) in [6.07, 6.45) is -0.606. The van der Waals surface area contributed by atoms with E-state index in [0.29, 0.717) is 6.54 Å². The van der Waals surface area contributed by atoms with Crippen LogP contribution in [0.3, 0.4) is 0 Å². The Morgan fingerprint density at radius 1 is 1.32 bits per heavy atom. The van der Waals surface area contributed by atoms with Crippen LogP contribution in [0.5, 0.6) is 0 Å². The molecule has 0 saturated heterocycles. The standard InChI is InChI=1S/C17H27IN3O4/c1-17(2,3)25-16(23)20-14(15(22)21(4)24-5)18-10-12-7-6-8-13(9-12)11-19/h6-9,14H,10-11,19H2,1-5H3,(H,20,23)/q-1. The zero-order valence-electron chi connectivity index (χ0n) is 15.3. The Balaban J connectivity index is 2.80. The van der Waals surface area contributed by atoms with Crippen LogP contribution in [0.15, 0.2) is 24.3 Å². The molecular formula is C17H27IN3O4-. The molecule has 0 saturated carbocycles.